The predicted octanol–water partition coefficient (Wildman–Crippen LogP) is 5.62. The van der Waals surface area contributed by atoms with Crippen molar-refractivity contribution in [2.75, 3.05) is 12.4 Å². The first kappa shape index (κ1) is 28.3. The fourth-order valence-electron chi connectivity index (χ4n) is 7.17. The average Bonchev–Trinajstić information content (AvgIpc) is 3.33. The molecule has 1 saturated heterocycles. The van der Waals surface area contributed by atoms with Crippen molar-refractivity contribution in [2.24, 2.45) is 11.8 Å². The Morgan fingerprint density at radius 1 is 0.750 bits per heavy atom. The number of methoxy groups -OCH3 is 1. The number of likely N-dealkylation sites (tertiary alicyclic amines) is 1. The molecule has 0 spiro atoms. The molecule has 9 heteroatoms. The lowest BCUT2D eigenvalue weighted by atomic mass is 9.54. The first-order valence-electron chi connectivity index (χ1n) is 14.2. The van der Waals surface area contributed by atoms with Gasteiger partial charge in [-0.25, -0.2) is 4.79 Å². The fourth-order valence-corrected chi connectivity index (χ4v) is 8.27. The van der Waals surface area contributed by atoms with Crippen LogP contribution in [0.4, 0.5) is 5.69 Å². The van der Waals surface area contributed by atoms with E-state index in [0.29, 0.717) is 33.5 Å². The second-order valence-electron chi connectivity index (χ2n) is 11.3. The number of rotatable bonds is 6. The van der Waals surface area contributed by atoms with Gasteiger partial charge in [0.1, 0.15) is 15.8 Å². The molecule has 0 radical (unpaired) electrons. The Bertz CT molecular complexity index is 1720. The molecule has 8 rings (SSSR count). The SMILES string of the molecule is COC(=O)c1ccc(NC(=O)[C@H](Cc2ccccc2)N2C(=O)[C@H]3[C@H](C2=O)C2(Cl)c4ccccc4C3(Cl)c3ccccc32)cc1. The Morgan fingerprint density at radius 3 is 1.66 bits per heavy atom. The Hall–Kier alpha value is -4.46. The largest absolute Gasteiger partial charge is 0.465 e. The molecule has 4 aromatic rings. The molecule has 0 aromatic heterocycles. The van der Waals surface area contributed by atoms with Gasteiger partial charge in [-0.1, -0.05) is 78.9 Å². The number of benzene rings is 4. The number of imide groups is 1. The highest BCUT2D eigenvalue weighted by Gasteiger charge is 2.73. The van der Waals surface area contributed by atoms with E-state index in [0.717, 1.165) is 10.5 Å². The zero-order chi connectivity index (χ0) is 30.8. The number of anilines is 1. The van der Waals surface area contributed by atoms with Gasteiger partial charge in [0.15, 0.2) is 0 Å². The Morgan fingerprint density at radius 2 is 1.20 bits per heavy atom. The first-order valence-corrected chi connectivity index (χ1v) is 14.9. The molecule has 2 bridgehead atoms. The summed E-state index contributed by atoms with van der Waals surface area (Å²) in [5.74, 6) is -4.20. The number of carbonyl (C=O) groups is 4. The Kier molecular flexibility index (Phi) is 6.64. The van der Waals surface area contributed by atoms with Crippen molar-refractivity contribution in [1.82, 2.24) is 4.90 Å². The van der Waals surface area contributed by atoms with Crippen molar-refractivity contribution >= 4 is 52.6 Å². The summed E-state index contributed by atoms with van der Waals surface area (Å²) in [4.78, 5) is 53.5. The highest BCUT2D eigenvalue weighted by molar-refractivity contribution is 6.36. The molecular formula is C35H26Cl2N2O5. The van der Waals surface area contributed by atoms with Crippen LogP contribution >= 0.6 is 23.2 Å². The lowest BCUT2D eigenvalue weighted by molar-refractivity contribution is -0.146. The van der Waals surface area contributed by atoms with Gasteiger partial charge in [0.25, 0.3) is 0 Å². The number of hydrogen-bond donors (Lipinski definition) is 1. The Labute approximate surface area is 263 Å². The van der Waals surface area contributed by atoms with Crippen LogP contribution in [0.5, 0.6) is 0 Å². The summed E-state index contributed by atoms with van der Waals surface area (Å²) >= 11 is 15.2. The molecule has 1 heterocycles. The van der Waals surface area contributed by atoms with E-state index >= 15 is 0 Å². The summed E-state index contributed by atoms with van der Waals surface area (Å²) in [5, 5.41) is 2.83. The van der Waals surface area contributed by atoms with E-state index in [1.54, 1.807) is 12.1 Å². The number of hydrogen-bond acceptors (Lipinski definition) is 5. The molecule has 4 aliphatic rings. The van der Waals surface area contributed by atoms with Crippen LogP contribution < -0.4 is 5.32 Å². The van der Waals surface area contributed by atoms with Gasteiger partial charge >= 0.3 is 5.97 Å². The maximum atomic E-state index is 14.6. The van der Waals surface area contributed by atoms with Crippen molar-refractivity contribution in [2.45, 2.75) is 22.2 Å². The van der Waals surface area contributed by atoms with Crippen LogP contribution in [0.3, 0.4) is 0 Å². The molecule has 3 aliphatic carbocycles. The normalized spacial score (nSPS) is 25.1. The molecule has 1 N–H and O–H groups in total. The molecule has 3 atom stereocenters. The minimum atomic E-state index is -1.35. The summed E-state index contributed by atoms with van der Waals surface area (Å²) in [6.45, 7) is 0. The molecule has 3 amide bonds. The summed E-state index contributed by atoms with van der Waals surface area (Å²) in [6, 6.07) is 29.0. The van der Waals surface area contributed by atoms with Crippen LogP contribution in [-0.4, -0.2) is 41.7 Å². The molecule has 7 nitrogen and oxygen atoms in total. The lowest BCUT2D eigenvalue weighted by Gasteiger charge is -2.54. The van der Waals surface area contributed by atoms with Gasteiger partial charge in [-0.2, -0.15) is 0 Å². The van der Waals surface area contributed by atoms with Crippen LogP contribution in [0.1, 0.15) is 38.2 Å². The topological polar surface area (TPSA) is 92.8 Å². The lowest BCUT2D eigenvalue weighted by Crippen LogP contribution is -2.57. The summed E-state index contributed by atoms with van der Waals surface area (Å²) in [5.41, 5.74) is 4.22. The number of carbonyl (C=O) groups excluding carboxylic acids is 4. The maximum absolute atomic E-state index is 14.6. The number of amides is 3. The molecule has 220 valence electrons. The van der Waals surface area contributed by atoms with Gasteiger partial charge < -0.3 is 10.1 Å². The maximum Gasteiger partial charge on any atom is 0.337 e. The molecule has 1 fully saturated rings. The predicted molar refractivity (Wildman–Crippen MR) is 165 cm³/mol. The van der Waals surface area contributed by atoms with Crippen molar-refractivity contribution in [3.05, 3.63) is 137 Å². The smallest absolute Gasteiger partial charge is 0.337 e. The third kappa shape index (κ3) is 3.89. The number of nitrogens with zero attached hydrogens (tertiary/aromatic N) is 1. The first-order chi connectivity index (χ1) is 21.2. The number of alkyl halides is 2. The minimum Gasteiger partial charge on any atom is -0.465 e. The van der Waals surface area contributed by atoms with Crippen molar-refractivity contribution in [1.29, 1.82) is 0 Å². The van der Waals surface area contributed by atoms with Gasteiger partial charge in [0.2, 0.25) is 17.7 Å². The van der Waals surface area contributed by atoms with Crippen LogP contribution in [-0.2, 0) is 35.3 Å². The van der Waals surface area contributed by atoms with Gasteiger partial charge in [-0.15, -0.1) is 23.2 Å². The van der Waals surface area contributed by atoms with E-state index in [2.05, 4.69) is 5.32 Å². The second kappa shape index (κ2) is 10.3. The van der Waals surface area contributed by atoms with E-state index in [4.69, 9.17) is 27.9 Å². The summed E-state index contributed by atoms with van der Waals surface area (Å²) < 4.78 is 4.76. The highest BCUT2D eigenvalue weighted by Crippen LogP contribution is 2.69. The van der Waals surface area contributed by atoms with Crippen LogP contribution in [0.15, 0.2) is 103 Å². The van der Waals surface area contributed by atoms with E-state index in [1.165, 1.54) is 19.2 Å². The van der Waals surface area contributed by atoms with E-state index in [-0.39, 0.29) is 6.42 Å². The van der Waals surface area contributed by atoms with Crippen molar-refractivity contribution in [3.63, 3.8) is 0 Å². The monoisotopic (exact) mass is 624 g/mol. The second-order valence-corrected chi connectivity index (χ2v) is 12.5. The third-order valence-corrected chi connectivity index (χ3v) is 10.4. The number of nitrogens with one attached hydrogen (secondary N) is 1. The van der Waals surface area contributed by atoms with Crippen LogP contribution in [0.2, 0.25) is 0 Å². The third-order valence-electron chi connectivity index (χ3n) is 9.08. The summed E-state index contributed by atoms with van der Waals surface area (Å²) in [7, 11) is 1.28. The van der Waals surface area contributed by atoms with Crippen LogP contribution in [0.25, 0.3) is 0 Å². The number of ether oxygens (including phenoxy) is 1. The fraction of sp³-hybridized carbons (Fsp3) is 0.200. The molecule has 0 saturated carbocycles. The zero-order valence-corrected chi connectivity index (χ0v) is 25.0. The zero-order valence-electron chi connectivity index (χ0n) is 23.5. The highest BCUT2D eigenvalue weighted by atomic mass is 35.5. The van der Waals surface area contributed by atoms with Gasteiger partial charge in [-0.3, -0.25) is 19.3 Å². The molecule has 1 aliphatic heterocycles. The average molecular weight is 626 g/mol. The minimum absolute atomic E-state index is 0.0777. The van der Waals surface area contributed by atoms with Crippen LogP contribution in [0, 0.1) is 11.8 Å². The van der Waals surface area contributed by atoms with E-state index < -0.39 is 51.3 Å². The molecule has 0 unspecified atom stereocenters. The van der Waals surface area contributed by atoms with Crippen molar-refractivity contribution in [3.8, 4) is 0 Å². The van der Waals surface area contributed by atoms with E-state index in [1.807, 2.05) is 78.9 Å². The van der Waals surface area contributed by atoms with Gasteiger partial charge in [0, 0.05) is 12.1 Å². The number of esters is 1. The Balaban J connectivity index is 1.32. The van der Waals surface area contributed by atoms with Gasteiger partial charge in [0.05, 0.1) is 24.5 Å². The molecule has 4 aromatic carbocycles. The van der Waals surface area contributed by atoms with Gasteiger partial charge in [-0.05, 0) is 52.1 Å². The van der Waals surface area contributed by atoms with Crippen molar-refractivity contribution < 1.29 is 23.9 Å². The number of halogens is 2. The quantitative estimate of drug-likeness (QED) is 0.171. The molecular weight excluding hydrogens is 599 g/mol. The summed E-state index contributed by atoms with van der Waals surface area (Å²) in [6.07, 6.45) is 0.0777. The standard InChI is InChI=1S/C35H26Cl2N2O5/c1-44-33(43)21-15-17-22(18-16-21)38-30(40)27(19-20-9-3-2-4-10-20)39-31(41)28-29(32(39)42)35(37)24-12-6-5-11-23(24)34(28,36)25-13-7-8-14-26(25)35/h2-18,27-29H,19H2,1H3,(H,38,40)/t27-,28+,29+,34?,35?/m0/s1. The van der Waals surface area contributed by atoms with E-state index in [9.17, 15) is 19.2 Å². The molecule has 44 heavy (non-hydrogen) atoms.